The normalized spacial score (nSPS) is 25.3. The largest absolute Gasteiger partial charge is 0.472 e. The van der Waals surface area contributed by atoms with Gasteiger partial charge in [0.05, 0.1) is 12.7 Å². The highest BCUT2D eigenvalue weighted by atomic mass is 16.5. The highest BCUT2D eigenvalue weighted by molar-refractivity contribution is 6.35. The highest BCUT2D eigenvalue weighted by Gasteiger charge is 2.35. The monoisotopic (exact) mass is 288 g/mol. The van der Waals surface area contributed by atoms with Gasteiger partial charge in [0.25, 0.3) is 0 Å². The van der Waals surface area contributed by atoms with Crippen molar-refractivity contribution in [2.75, 3.05) is 12.3 Å². The lowest BCUT2D eigenvalue weighted by molar-refractivity contribution is -0.513. The van der Waals surface area contributed by atoms with Gasteiger partial charge in [0.15, 0.2) is 11.8 Å². The Hall–Kier alpha value is -2.22. The highest BCUT2D eigenvalue weighted by Crippen LogP contribution is 2.30. The number of nitrogens with zero attached hydrogens (tertiary/aromatic N) is 5. The van der Waals surface area contributed by atoms with E-state index < -0.39 is 18.4 Å². The molecule has 108 valence electrons. The molecule has 1 saturated heterocycles. The Balaban J connectivity index is 1.99. The Morgan fingerprint density at radius 1 is 1.62 bits per heavy atom. The average molecular weight is 288 g/mol. The Labute approximate surface area is 120 Å². The van der Waals surface area contributed by atoms with E-state index in [4.69, 9.17) is 20.8 Å². The average Bonchev–Trinajstić information content (AvgIpc) is 3.05. The summed E-state index contributed by atoms with van der Waals surface area (Å²) in [6.07, 6.45) is 1.43. The molecule has 2 radical (unpaired) electrons. The number of ether oxygens (including phenoxy) is 1. The van der Waals surface area contributed by atoms with Crippen LogP contribution >= 0.6 is 0 Å². The molecule has 9 nitrogen and oxygen atoms in total. The summed E-state index contributed by atoms with van der Waals surface area (Å²) in [4.78, 5) is 8.40. The predicted molar refractivity (Wildman–Crippen MR) is 70.5 cm³/mol. The first kappa shape index (κ1) is 13.8. The lowest BCUT2D eigenvalue weighted by atomic mass is 9.98. The van der Waals surface area contributed by atoms with Crippen LogP contribution in [0, 0.1) is 11.2 Å². The van der Waals surface area contributed by atoms with E-state index in [1.54, 1.807) is 4.57 Å². The summed E-state index contributed by atoms with van der Waals surface area (Å²) < 4.78 is 8.60. The maximum atomic E-state index is 9.79. The second kappa shape index (κ2) is 5.29. The minimum absolute atomic E-state index is 0.253. The van der Waals surface area contributed by atoms with Gasteiger partial charge in [-0.2, -0.15) is 5.97 Å². The van der Waals surface area contributed by atoms with Crippen LogP contribution in [0.1, 0.15) is 12.6 Å². The van der Waals surface area contributed by atoms with Gasteiger partial charge in [-0.05, 0) is 0 Å². The number of hydrogen-bond acceptors (Lipinski definition) is 7. The van der Waals surface area contributed by atoms with E-state index in [0.717, 1.165) is 0 Å². The maximum absolute atomic E-state index is 9.79. The molecular formula is C11H13BN6O3. The van der Waals surface area contributed by atoms with Gasteiger partial charge in [-0.25, -0.2) is 4.98 Å². The SMILES string of the molecule is N#C[B-][n+]1cnc2c(ncn2C2C[C@H](O)[C@@H](CO)O2)c1N. The molecule has 0 amide bonds. The molecule has 1 aliphatic rings. The zero-order valence-corrected chi connectivity index (χ0v) is 11.0. The lowest BCUT2D eigenvalue weighted by Crippen LogP contribution is -2.42. The standard InChI is InChI=1S/C11H13BN6O3/c13-3-12-18-5-16-11-9(10(18)14)15-4-17(11)8-1-6(20)7(2-19)21-8/h4-8,19-20H,1-2H2,(H2,14,16)/t6-,7+,8?/m0/s1. The summed E-state index contributed by atoms with van der Waals surface area (Å²) in [6, 6.07) is 0. The summed E-state index contributed by atoms with van der Waals surface area (Å²) in [5.41, 5.74) is 6.86. The Morgan fingerprint density at radius 3 is 3.10 bits per heavy atom. The van der Waals surface area contributed by atoms with Crippen molar-refractivity contribution >= 4 is 24.4 Å². The Bertz CT molecular complexity index is 714. The molecule has 0 aromatic carbocycles. The van der Waals surface area contributed by atoms with Crippen LogP contribution in [0.15, 0.2) is 12.7 Å². The Kier molecular flexibility index (Phi) is 3.46. The first-order valence-electron chi connectivity index (χ1n) is 6.35. The van der Waals surface area contributed by atoms with Gasteiger partial charge in [0.1, 0.15) is 18.7 Å². The van der Waals surface area contributed by atoms with Gasteiger partial charge in [-0.1, -0.05) is 4.98 Å². The van der Waals surface area contributed by atoms with Crippen LogP contribution in [-0.2, 0) is 4.74 Å². The van der Waals surface area contributed by atoms with E-state index in [2.05, 4.69) is 9.97 Å². The van der Waals surface area contributed by atoms with E-state index in [-0.39, 0.29) is 12.4 Å². The van der Waals surface area contributed by atoms with Crippen LogP contribution in [0.25, 0.3) is 11.2 Å². The third-order valence-corrected chi connectivity index (χ3v) is 3.48. The van der Waals surface area contributed by atoms with Crippen LogP contribution in [0.4, 0.5) is 5.82 Å². The third kappa shape index (κ3) is 2.21. The molecule has 0 aliphatic carbocycles. The van der Waals surface area contributed by atoms with Crippen LogP contribution < -0.4 is 10.2 Å². The number of aliphatic hydroxyl groups is 2. The van der Waals surface area contributed by atoms with Crippen molar-refractivity contribution in [3.05, 3.63) is 12.7 Å². The van der Waals surface area contributed by atoms with Crippen LogP contribution in [0.5, 0.6) is 0 Å². The summed E-state index contributed by atoms with van der Waals surface area (Å²) in [5.74, 6) is 2.16. The number of nitrogen functional groups attached to an aromatic ring is 1. The minimum atomic E-state index is -0.740. The molecule has 0 spiro atoms. The van der Waals surface area contributed by atoms with Gasteiger partial charge in [0.2, 0.25) is 11.5 Å². The fraction of sp³-hybridized carbons (Fsp3) is 0.455. The van der Waals surface area contributed by atoms with Gasteiger partial charge in [0, 0.05) is 13.8 Å². The van der Waals surface area contributed by atoms with Crippen molar-refractivity contribution < 1.29 is 19.4 Å². The molecule has 2 aromatic heterocycles. The summed E-state index contributed by atoms with van der Waals surface area (Å²) in [7, 11) is 1.22. The van der Waals surface area contributed by atoms with Crippen LogP contribution in [0.2, 0.25) is 0 Å². The van der Waals surface area contributed by atoms with Crippen molar-refractivity contribution in [2.24, 2.45) is 0 Å². The fourth-order valence-corrected chi connectivity index (χ4v) is 2.39. The molecule has 21 heavy (non-hydrogen) atoms. The van der Waals surface area contributed by atoms with Crippen molar-refractivity contribution in [3.8, 4) is 5.97 Å². The number of aromatic nitrogens is 4. The van der Waals surface area contributed by atoms with Gasteiger partial charge in [-0.15, -0.1) is 0 Å². The maximum Gasteiger partial charge on any atom is 0.245 e. The topological polar surface area (TPSA) is 134 Å². The molecule has 1 unspecified atom stereocenters. The number of anilines is 1. The van der Waals surface area contributed by atoms with Crippen LogP contribution in [0.3, 0.4) is 0 Å². The molecule has 4 N–H and O–H groups in total. The molecule has 3 rings (SSSR count). The number of rotatable bonds is 3. The molecule has 0 bridgehead atoms. The number of hydrogen-bond donors (Lipinski definition) is 3. The number of imidazole rings is 1. The molecule has 3 heterocycles. The molecular weight excluding hydrogens is 275 g/mol. The number of nitrogens with two attached hydrogens (primary N) is 1. The smallest absolute Gasteiger partial charge is 0.245 e. The first-order chi connectivity index (χ1) is 10.2. The second-order valence-corrected chi connectivity index (χ2v) is 4.73. The molecule has 10 heteroatoms. The molecule has 1 aliphatic heterocycles. The zero-order chi connectivity index (χ0) is 15.0. The molecule has 3 atom stereocenters. The third-order valence-electron chi connectivity index (χ3n) is 3.48. The number of nitriles is 1. The van der Waals surface area contributed by atoms with E-state index in [0.29, 0.717) is 17.6 Å². The number of aliphatic hydroxyl groups excluding tert-OH is 2. The van der Waals surface area contributed by atoms with Crippen molar-refractivity contribution in [1.29, 1.82) is 5.26 Å². The minimum Gasteiger partial charge on any atom is -0.472 e. The number of fused-ring (bicyclic) bond motifs is 1. The van der Waals surface area contributed by atoms with Crippen molar-refractivity contribution in [3.63, 3.8) is 0 Å². The van der Waals surface area contributed by atoms with E-state index >= 15 is 0 Å². The summed E-state index contributed by atoms with van der Waals surface area (Å²) >= 11 is 0. The molecule has 0 saturated carbocycles. The van der Waals surface area contributed by atoms with Crippen molar-refractivity contribution in [2.45, 2.75) is 24.9 Å². The summed E-state index contributed by atoms with van der Waals surface area (Å²) in [5, 5.41) is 27.6. The van der Waals surface area contributed by atoms with Crippen LogP contribution in [-0.4, -0.2) is 51.0 Å². The lowest BCUT2D eigenvalue weighted by Gasteiger charge is -2.13. The van der Waals surface area contributed by atoms with E-state index in [9.17, 15) is 5.11 Å². The van der Waals surface area contributed by atoms with Gasteiger partial charge in [-0.3, -0.25) is 9.83 Å². The van der Waals surface area contributed by atoms with Gasteiger partial charge < -0.3 is 25.2 Å². The van der Waals surface area contributed by atoms with E-state index in [1.165, 1.54) is 24.5 Å². The predicted octanol–water partition coefficient (Wildman–Crippen LogP) is -2.11. The van der Waals surface area contributed by atoms with Gasteiger partial charge >= 0.3 is 0 Å². The first-order valence-corrected chi connectivity index (χ1v) is 6.35. The fourth-order valence-electron chi connectivity index (χ4n) is 2.39. The summed E-state index contributed by atoms with van der Waals surface area (Å²) in [6.45, 7) is -0.253. The Morgan fingerprint density at radius 2 is 2.43 bits per heavy atom. The quantitative estimate of drug-likeness (QED) is 0.550. The van der Waals surface area contributed by atoms with Crippen molar-refractivity contribution in [1.82, 2.24) is 14.5 Å². The zero-order valence-electron chi connectivity index (χ0n) is 11.0. The van der Waals surface area contributed by atoms with E-state index in [1.807, 2.05) is 5.97 Å². The molecule has 1 fully saturated rings. The molecule has 2 aromatic rings. The second-order valence-electron chi connectivity index (χ2n) is 4.73.